The van der Waals surface area contributed by atoms with Gasteiger partial charge in [0, 0.05) is 75.9 Å². The summed E-state index contributed by atoms with van der Waals surface area (Å²) in [4.78, 5) is 4.68. The van der Waals surface area contributed by atoms with Crippen molar-refractivity contribution in [1.82, 2.24) is 14.1 Å². The molecule has 0 amide bonds. The van der Waals surface area contributed by atoms with Crippen LogP contribution in [0.5, 0.6) is 11.5 Å². The fourth-order valence-corrected chi connectivity index (χ4v) is 16.8. The number of benzene rings is 12. The van der Waals surface area contributed by atoms with Crippen LogP contribution in [0.2, 0.25) is 0 Å². The Kier molecular flexibility index (Phi) is 8.35. The monoisotopic (exact) mass is 1570 g/mol. The largest absolute Gasteiger partial charge is 0.510 e. The first-order valence-corrected chi connectivity index (χ1v) is 33.6. The van der Waals surface area contributed by atoms with Crippen LogP contribution in [0, 0.1) is 25.3 Å². The first-order valence-electron chi connectivity index (χ1n) is 55.1. The predicted molar refractivity (Wildman–Crippen MR) is 423 cm³/mol. The zero-order valence-electron chi connectivity index (χ0n) is 102. The molecule has 0 bridgehead atoms. The third-order valence-corrected chi connectivity index (χ3v) is 21.9. The number of pyridine rings is 1. The number of nitrogens with zero attached hydrogens (tertiary/aromatic N) is 4. The molecule has 1 aliphatic carbocycles. The number of aromatic nitrogens is 4. The molecule has 506 valence electrons. The standard InChI is InChI=1S/C95H84N4OSi.Pt/c1-64-52-90(96-62-82(64)66-32-19-13-20-33-66)99-85-43-28-27-42-79(85)80-47-46-75(61-87(80)99)100-74-35-29-34-73(60-74)97-63-98(86-49-45-67(57-88(86)97)69-53-71(92(2,3)4)59-72(54-69)93(5,6)7)91-81(68-44-48-83-84(56-68)95(10,11)51-50-94(83,8)9)55-70(65-30-17-12-18-31-65)58-89(91)101(76-36-21-14-22-37-76,77-38-23-15-24-39-77)78-40-25-16-26-41-78;/h12-49,52-59,62H,50-51H2,1-11H3;/q-2;/i1D3,8D3,9D3,10D3,11D3,12D,13D,14D,15D,16D,17D,18D,19D,20D,21D,22D,23D,24D,25D,26D,30D,31D,32D,33D,36D,37D,38D,39D,40D,41D,44D,48D,50D2,51D2,56D;. The van der Waals surface area contributed by atoms with E-state index in [1.54, 1.807) is 30.3 Å². The Labute approximate surface area is 683 Å². The van der Waals surface area contributed by atoms with Crippen LogP contribution in [0.15, 0.2) is 285 Å². The zero-order valence-corrected chi connectivity index (χ0v) is 58.3. The van der Waals surface area contributed by atoms with E-state index in [1.807, 2.05) is 59.7 Å². The molecule has 16 rings (SSSR count). The van der Waals surface area contributed by atoms with Gasteiger partial charge in [-0.3, -0.25) is 4.57 Å². The third-order valence-electron chi connectivity index (χ3n) is 17.7. The molecular weight excluding hydrogens is 1440 g/mol. The summed E-state index contributed by atoms with van der Waals surface area (Å²) < 4.78 is 462. The fraction of sp³-hybridized carbons (Fsp3) is 0.179. The van der Waals surface area contributed by atoms with Gasteiger partial charge < -0.3 is 13.9 Å². The van der Waals surface area contributed by atoms with Gasteiger partial charge in [-0.2, -0.15) is 18.2 Å². The molecule has 0 unspecified atom stereocenters. The Morgan fingerprint density at radius 3 is 1.75 bits per heavy atom. The van der Waals surface area contributed by atoms with E-state index >= 15 is 0 Å². The SMILES string of the molecule is [2H]c1c([2H])c([2H])c(-c2cc(-c3c([2H])c([2H])c4c(c3[2H])C(C([2H])([2H])[2H])(C([2H])([2H])[2H])C([2H])([2H])C([2H])([2H])C4(C([2H])([2H])[2H])C([2H])([2H])[2H])c(-[n+]3[c-]n(-c4[c-]c(Oc5[c-]c6c(cc5)c5ccccc5n6-c5cc(C([2H])([2H])[2H])c(-c6c([2H])c([2H])c([2H])c([2H])c6[2H])cn5)ccc4)c4cc(-c5cc(C(C)(C)C)cc(C(C)(C)C)c5)ccc43)c([Si](c3c([2H])c([2H])c([2H])c([2H])c3[2H])(c3c([2H])c([2H])c([2H])c([2H])c3[2H])c3c([2H])c([2H])c([2H])c([2H])c3[2H])c2)c([2H])c1[2H].[Pt]. The van der Waals surface area contributed by atoms with E-state index in [1.165, 1.54) is 51.6 Å². The summed E-state index contributed by atoms with van der Waals surface area (Å²) in [6.45, 7) is -10.5. The molecule has 1 aliphatic rings. The minimum atomic E-state index is -7.25. The fourth-order valence-electron chi connectivity index (χ4n) is 12.8. The molecule has 3 aromatic heterocycles. The Morgan fingerprint density at radius 2 is 1.12 bits per heavy atom. The Hall–Kier alpha value is -10.2. The maximum Gasteiger partial charge on any atom is 0.268 e. The number of imidazole rings is 1. The van der Waals surface area contributed by atoms with E-state index in [9.17, 15) is 52.1 Å². The van der Waals surface area contributed by atoms with E-state index in [0.29, 0.717) is 34.0 Å². The molecule has 3 heterocycles. The molecule has 0 N–H and O–H groups in total. The van der Waals surface area contributed by atoms with Crippen molar-refractivity contribution in [3.05, 3.63) is 331 Å². The molecule has 102 heavy (non-hydrogen) atoms. The first-order chi connectivity index (χ1) is 68.1. The molecule has 5 nitrogen and oxygen atoms in total. The first kappa shape index (κ1) is 32.4. The van der Waals surface area contributed by atoms with Crippen LogP contribution in [-0.4, -0.2) is 22.2 Å². The van der Waals surface area contributed by atoms with Gasteiger partial charge in [0.25, 0.3) is 6.33 Å². The number of hydrogen-bond acceptors (Lipinski definition) is 2. The van der Waals surface area contributed by atoms with Gasteiger partial charge in [-0.1, -0.05) is 298 Å². The number of aryl methyl sites for hydroxylation is 1. The van der Waals surface area contributed by atoms with Crippen LogP contribution in [-0.2, 0) is 42.7 Å². The van der Waals surface area contributed by atoms with Gasteiger partial charge >= 0.3 is 0 Å². The van der Waals surface area contributed by atoms with Gasteiger partial charge in [0.05, 0.1) is 55.1 Å². The van der Waals surface area contributed by atoms with Crippen LogP contribution in [0.1, 0.15) is 174 Å². The molecule has 0 spiro atoms. The molecule has 15 aromatic rings. The maximum atomic E-state index is 11.2. The van der Waals surface area contributed by atoms with E-state index < -0.39 is 322 Å². The van der Waals surface area contributed by atoms with Gasteiger partial charge in [0.2, 0.25) is 0 Å². The number of ether oxygens (including phenoxy) is 1. The minimum absolute atomic E-state index is 0. The van der Waals surface area contributed by atoms with Crippen molar-refractivity contribution in [2.75, 3.05) is 0 Å². The van der Waals surface area contributed by atoms with Crippen LogP contribution in [0.3, 0.4) is 0 Å². The van der Waals surface area contributed by atoms with E-state index in [2.05, 4.69) is 23.4 Å². The molecule has 12 aromatic carbocycles. The quantitative estimate of drug-likeness (QED) is 0.0499. The molecule has 0 saturated heterocycles. The summed E-state index contributed by atoms with van der Waals surface area (Å²) in [6.07, 6.45) is -5.81. The molecule has 0 radical (unpaired) electrons. The summed E-state index contributed by atoms with van der Waals surface area (Å²) in [5.41, 5.74) is -21.0. The summed E-state index contributed by atoms with van der Waals surface area (Å²) in [5, 5.41) is -4.38. The topological polar surface area (TPSA) is 35.9 Å². The second-order valence-electron chi connectivity index (χ2n) is 26.2. The van der Waals surface area contributed by atoms with Crippen molar-refractivity contribution >= 4 is 61.7 Å². The number of para-hydroxylation sites is 1. The van der Waals surface area contributed by atoms with Gasteiger partial charge in [-0.15, -0.1) is 29.7 Å². The van der Waals surface area contributed by atoms with Crippen LogP contribution in [0.25, 0.3) is 94.5 Å². The van der Waals surface area contributed by atoms with Crippen molar-refractivity contribution in [3.8, 4) is 73.2 Å². The molecule has 0 atom stereocenters. The van der Waals surface area contributed by atoms with Gasteiger partial charge in [0.1, 0.15) is 5.82 Å². The van der Waals surface area contributed by atoms with Gasteiger partial charge in [-0.25, -0.2) is 4.98 Å². The zero-order chi connectivity index (χ0) is 110. The average molecular weight is 1570 g/mol. The average Bonchev–Trinajstić information content (AvgIpc) is 0.859. The summed E-state index contributed by atoms with van der Waals surface area (Å²) >= 11 is 0. The number of hydrogen-bond donors (Lipinski definition) is 0. The van der Waals surface area contributed by atoms with Crippen LogP contribution in [0.4, 0.5) is 0 Å². The maximum absolute atomic E-state index is 11.2. The summed E-state index contributed by atoms with van der Waals surface area (Å²) in [5.74, 6) is -0.506. The summed E-state index contributed by atoms with van der Waals surface area (Å²) in [7, 11) is -7.25. The smallest absolute Gasteiger partial charge is 0.268 e. The molecule has 0 saturated carbocycles. The molecule has 0 fully saturated rings. The minimum Gasteiger partial charge on any atom is -0.510 e. The van der Waals surface area contributed by atoms with Crippen LogP contribution >= 0.6 is 0 Å². The Morgan fingerprint density at radius 1 is 0.520 bits per heavy atom. The Balaban J connectivity index is 0.0000166. The molecule has 0 aliphatic heterocycles. The van der Waals surface area contributed by atoms with Gasteiger partial charge in [-0.05, 0) is 164 Å². The number of fused-ring (bicyclic) bond motifs is 5. The normalized spacial score (nSPS) is 21.8. The van der Waals surface area contributed by atoms with E-state index in [-0.39, 0.29) is 66.2 Å². The Bertz CT molecular complexity index is 7890. The van der Waals surface area contributed by atoms with Crippen LogP contribution < -0.4 is 30.1 Å². The predicted octanol–water partition coefficient (Wildman–Crippen LogP) is 20.9. The van der Waals surface area contributed by atoms with E-state index in [0.717, 1.165) is 28.0 Å². The molecule has 7 heteroatoms. The van der Waals surface area contributed by atoms with Crippen molar-refractivity contribution in [1.29, 1.82) is 0 Å². The molecular formula is C95H84N4OPtSi-2. The number of rotatable bonds is 13. The third kappa shape index (κ3) is 12.1. The van der Waals surface area contributed by atoms with Crippen molar-refractivity contribution in [2.24, 2.45) is 0 Å². The second kappa shape index (κ2) is 26.3. The van der Waals surface area contributed by atoms with Crippen molar-refractivity contribution in [2.45, 2.75) is 110 Å². The van der Waals surface area contributed by atoms with Crippen molar-refractivity contribution in [3.63, 3.8) is 0 Å². The van der Waals surface area contributed by atoms with Crippen molar-refractivity contribution < 1.29 is 94.8 Å². The second-order valence-corrected chi connectivity index (χ2v) is 29.8. The van der Waals surface area contributed by atoms with E-state index in [4.69, 9.17) is 17.1 Å². The summed E-state index contributed by atoms with van der Waals surface area (Å²) in [6, 6.07) is -4.22. The van der Waals surface area contributed by atoms with Gasteiger partial charge in [0.15, 0.2) is 8.07 Å².